The number of carbonyl (C=O) groups is 2. The number of carbonyl (C=O) groups excluding carboxylic acids is 1. The van der Waals surface area contributed by atoms with Gasteiger partial charge in [0.15, 0.2) is 0 Å². The molecule has 0 saturated carbocycles. The second-order valence-corrected chi connectivity index (χ2v) is 8.04. The van der Waals surface area contributed by atoms with Gasteiger partial charge in [0, 0.05) is 6.42 Å². The summed E-state index contributed by atoms with van der Waals surface area (Å²) in [5, 5.41) is 11.2. The number of amides is 1. The molecule has 0 fully saturated rings. The van der Waals surface area contributed by atoms with Gasteiger partial charge in [-0.1, -0.05) is 42.8 Å². The number of rotatable bonds is 13. The van der Waals surface area contributed by atoms with Crippen molar-refractivity contribution in [2.75, 3.05) is 6.61 Å². The number of unbranched alkanes of at least 4 members (excludes halogenated alkanes) is 2. The number of aliphatic carboxylic acids is 1. The van der Waals surface area contributed by atoms with Gasteiger partial charge in [-0.05, 0) is 44.0 Å². The highest BCUT2D eigenvalue weighted by Gasteiger charge is 2.30. The van der Waals surface area contributed by atoms with Crippen LogP contribution in [-0.4, -0.2) is 29.6 Å². The SMILES string of the molecule is C[C@H](NC(=O)CCCCCOP(=O)(Oc1ccccc1)Oc1ccccc1)C(=O)O. The molecular weight excluding hydrogens is 409 g/mol. The molecular formula is C21H26NO7P. The van der Waals surface area contributed by atoms with Crippen molar-refractivity contribution in [3.63, 3.8) is 0 Å². The number of nitrogens with one attached hydrogen (secondary N) is 1. The fraction of sp³-hybridized carbons (Fsp3) is 0.333. The average Bonchev–Trinajstić information content (AvgIpc) is 2.72. The van der Waals surface area contributed by atoms with E-state index < -0.39 is 19.8 Å². The standard InChI is InChI=1S/C21H26NO7P/c1-17(21(24)25)22-20(23)15-9-4-10-16-27-30(26,28-18-11-5-2-6-12-18)29-19-13-7-3-8-14-19/h2-3,5-8,11-14,17H,4,9-10,15-16H2,1H3,(H,22,23)(H,24,25)/t17-/m0/s1. The number of hydrogen-bond acceptors (Lipinski definition) is 6. The van der Waals surface area contributed by atoms with Crippen LogP contribution in [0.2, 0.25) is 0 Å². The lowest BCUT2D eigenvalue weighted by Crippen LogP contribution is -2.38. The van der Waals surface area contributed by atoms with Crippen molar-refractivity contribution in [2.24, 2.45) is 0 Å². The fourth-order valence-electron chi connectivity index (χ4n) is 2.41. The number of benzene rings is 2. The molecule has 0 unspecified atom stereocenters. The van der Waals surface area contributed by atoms with E-state index in [0.29, 0.717) is 30.8 Å². The summed E-state index contributed by atoms with van der Waals surface area (Å²) in [6, 6.07) is 16.3. The van der Waals surface area contributed by atoms with Crippen LogP contribution >= 0.6 is 7.82 Å². The Kier molecular flexibility index (Phi) is 9.38. The lowest BCUT2D eigenvalue weighted by molar-refractivity contribution is -0.141. The summed E-state index contributed by atoms with van der Waals surface area (Å²) in [5.74, 6) is -0.678. The Morgan fingerprint density at radius 3 is 1.97 bits per heavy atom. The Morgan fingerprint density at radius 2 is 1.47 bits per heavy atom. The summed E-state index contributed by atoms with van der Waals surface area (Å²) < 4.78 is 29.6. The minimum absolute atomic E-state index is 0.115. The highest BCUT2D eigenvalue weighted by molar-refractivity contribution is 7.49. The van der Waals surface area contributed by atoms with E-state index in [4.69, 9.17) is 18.7 Å². The summed E-state index contributed by atoms with van der Waals surface area (Å²) in [5.41, 5.74) is 0. The number of para-hydroxylation sites is 2. The molecule has 0 saturated heterocycles. The first-order chi connectivity index (χ1) is 14.4. The first-order valence-corrected chi connectivity index (χ1v) is 11.1. The topological polar surface area (TPSA) is 111 Å². The third-order valence-corrected chi connectivity index (χ3v) is 5.33. The maximum atomic E-state index is 13.1. The molecule has 2 aromatic carbocycles. The van der Waals surface area contributed by atoms with Crippen molar-refractivity contribution in [3.8, 4) is 11.5 Å². The van der Waals surface area contributed by atoms with Gasteiger partial charge in [-0.2, -0.15) is 0 Å². The van der Waals surface area contributed by atoms with Crippen LogP contribution in [0.3, 0.4) is 0 Å². The summed E-state index contributed by atoms with van der Waals surface area (Å²) in [6.07, 6.45) is 1.91. The van der Waals surface area contributed by atoms with Crippen LogP contribution in [-0.2, 0) is 18.7 Å². The largest absolute Gasteiger partial charge is 0.587 e. The van der Waals surface area contributed by atoms with Gasteiger partial charge in [0.25, 0.3) is 0 Å². The van der Waals surface area contributed by atoms with Crippen LogP contribution < -0.4 is 14.4 Å². The Labute approximate surface area is 175 Å². The lowest BCUT2D eigenvalue weighted by Gasteiger charge is -2.19. The number of phosphoric acid groups is 1. The van der Waals surface area contributed by atoms with E-state index in [1.165, 1.54) is 6.92 Å². The molecule has 0 aliphatic heterocycles. The van der Waals surface area contributed by atoms with E-state index >= 15 is 0 Å². The minimum Gasteiger partial charge on any atom is -0.480 e. The third-order valence-electron chi connectivity index (χ3n) is 3.97. The van der Waals surface area contributed by atoms with Crippen molar-refractivity contribution in [1.29, 1.82) is 0 Å². The Morgan fingerprint density at radius 1 is 0.933 bits per heavy atom. The van der Waals surface area contributed by atoms with Gasteiger partial charge >= 0.3 is 13.8 Å². The van der Waals surface area contributed by atoms with Gasteiger partial charge < -0.3 is 19.5 Å². The summed E-state index contributed by atoms with van der Waals surface area (Å²) >= 11 is 0. The van der Waals surface area contributed by atoms with Crippen LogP contribution in [0.5, 0.6) is 11.5 Å². The zero-order valence-corrected chi connectivity index (χ0v) is 17.6. The molecule has 1 atom stereocenters. The van der Waals surface area contributed by atoms with E-state index in [1.54, 1.807) is 48.5 Å². The van der Waals surface area contributed by atoms with Crippen LogP contribution in [0.15, 0.2) is 60.7 Å². The summed E-state index contributed by atoms with van der Waals surface area (Å²) in [7, 11) is -3.91. The van der Waals surface area contributed by atoms with Crippen LogP contribution in [0.4, 0.5) is 0 Å². The Balaban J connectivity index is 1.81. The number of carboxylic acids is 1. The number of phosphoric ester groups is 1. The van der Waals surface area contributed by atoms with Gasteiger partial charge in [-0.25, -0.2) is 4.57 Å². The van der Waals surface area contributed by atoms with Crippen molar-refractivity contribution in [1.82, 2.24) is 5.32 Å². The third kappa shape index (κ3) is 8.68. The molecule has 2 aromatic rings. The molecule has 2 rings (SSSR count). The van der Waals surface area contributed by atoms with Gasteiger partial charge in [0.2, 0.25) is 5.91 Å². The zero-order chi connectivity index (χ0) is 21.8. The molecule has 162 valence electrons. The maximum Gasteiger partial charge on any atom is 0.587 e. The molecule has 0 aliphatic carbocycles. The maximum absolute atomic E-state index is 13.1. The predicted octanol–water partition coefficient (Wildman–Crippen LogP) is 4.42. The Hall–Kier alpha value is -2.83. The summed E-state index contributed by atoms with van der Waals surface area (Å²) in [6.45, 7) is 1.52. The summed E-state index contributed by atoms with van der Waals surface area (Å²) in [4.78, 5) is 22.4. The van der Waals surface area contributed by atoms with Crippen molar-refractivity contribution < 1.29 is 32.8 Å². The van der Waals surface area contributed by atoms with Crippen molar-refractivity contribution in [3.05, 3.63) is 60.7 Å². The molecule has 0 aromatic heterocycles. The first-order valence-electron chi connectivity index (χ1n) is 9.64. The second-order valence-electron chi connectivity index (χ2n) is 6.53. The highest BCUT2D eigenvalue weighted by atomic mass is 31.2. The normalized spacial score (nSPS) is 12.0. The smallest absolute Gasteiger partial charge is 0.480 e. The predicted molar refractivity (Wildman–Crippen MR) is 111 cm³/mol. The number of hydrogen-bond donors (Lipinski definition) is 2. The van der Waals surface area contributed by atoms with Crippen LogP contribution in [0.25, 0.3) is 0 Å². The van der Waals surface area contributed by atoms with E-state index in [0.717, 1.165) is 0 Å². The van der Waals surface area contributed by atoms with Gasteiger partial charge in [0.05, 0.1) is 6.61 Å². The van der Waals surface area contributed by atoms with E-state index in [1.807, 2.05) is 12.1 Å². The quantitative estimate of drug-likeness (QED) is 0.354. The average molecular weight is 435 g/mol. The highest BCUT2D eigenvalue weighted by Crippen LogP contribution is 2.49. The van der Waals surface area contributed by atoms with Gasteiger partial charge in [0.1, 0.15) is 17.5 Å². The zero-order valence-electron chi connectivity index (χ0n) is 16.7. The monoisotopic (exact) mass is 435 g/mol. The molecule has 0 spiro atoms. The Bertz CT molecular complexity index is 799. The molecule has 0 bridgehead atoms. The minimum atomic E-state index is -3.91. The lowest BCUT2D eigenvalue weighted by atomic mass is 10.2. The first kappa shape index (κ1) is 23.4. The molecule has 0 radical (unpaired) electrons. The van der Waals surface area contributed by atoms with Crippen molar-refractivity contribution >= 4 is 19.7 Å². The number of carboxylic acid groups (broad SMARTS) is 1. The van der Waals surface area contributed by atoms with E-state index in [2.05, 4.69) is 5.32 Å². The molecule has 8 nitrogen and oxygen atoms in total. The van der Waals surface area contributed by atoms with E-state index in [9.17, 15) is 14.2 Å². The van der Waals surface area contributed by atoms with Crippen molar-refractivity contribution in [2.45, 2.75) is 38.6 Å². The van der Waals surface area contributed by atoms with Gasteiger partial charge in [-0.3, -0.25) is 14.1 Å². The van der Waals surface area contributed by atoms with Crippen LogP contribution in [0, 0.1) is 0 Å². The molecule has 9 heteroatoms. The molecule has 0 heterocycles. The molecule has 1 amide bonds. The van der Waals surface area contributed by atoms with E-state index in [-0.39, 0.29) is 18.9 Å². The van der Waals surface area contributed by atoms with Crippen LogP contribution in [0.1, 0.15) is 32.6 Å². The second kappa shape index (κ2) is 12.0. The molecule has 30 heavy (non-hydrogen) atoms. The molecule has 0 aliphatic rings. The fourth-order valence-corrected chi connectivity index (χ4v) is 3.66. The van der Waals surface area contributed by atoms with Gasteiger partial charge in [-0.15, -0.1) is 0 Å². The molecule has 2 N–H and O–H groups in total.